The molecule has 5 nitrogen and oxygen atoms in total. The third kappa shape index (κ3) is 2.37. The average Bonchev–Trinajstić information content (AvgIpc) is 3.03. The van der Waals surface area contributed by atoms with E-state index in [4.69, 9.17) is 11.6 Å². The SMILES string of the molecule is Clc1cc(N2CCN(c3cccnc3)CC2)c2cn[nH]c2c1. The highest BCUT2D eigenvalue weighted by Gasteiger charge is 2.20. The van der Waals surface area contributed by atoms with E-state index < -0.39 is 0 Å². The van der Waals surface area contributed by atoms with Crippen molar-refractivity contribution in [2.24, 2.45) is 0 Å². The summed E-state index contributed by atoms with van der Waals surface area (Å²) in [6, 6.07) is 8.03. The number of nitrogens with one attached hydrogen (secondary N) is 1. The minimum absolute atomic E-state index is 0.737. The zero-order valence-corrected chi connectivity index (χ0v) is 12.8. The van der Waals surface area contributed by atoms with Gasteiger partial charge in [0.2, 0.25) is 0 Å². The predicted molar refractivity (Wildman–Crippen MR) is 89.8 cm³/mol. The van der Waals surface area contributed by atoms with Crippen LogP contribution >= 0.6 is 11.6 Å². The van der Waals surface area contributed by atoms with Gasteiger partial charge in [-0.15, -0.1) is 0 Å². The fourth-order valence-electron chi connectivity index (χ4n) is 3.01. The molecule has 2 aromatic heterocycles. The molecule has 3 heterocycles. The number of pyridine rings is 1. The van der Waals surface area contributed by atoms with E-state index in [-0.39, 0.29) is 0 Å². The fraction of sp³-hybridized carbons (Fsp3) is 0.250. The van der Waals surface area contributed by atoms with Crippen LogP contribution in [0.25, 0.3) is 10.9 Å². The Balaban J connectivity index is 1.57. The van der Waals surface area contributed by atoms with E-state index in [1.165, 1.54) is 5.69 Å². The first-order valence-corrected chi connectivity index (χ1v) is 7.71. The number of H-pyrrole nitrogens is 1. The topological polar surface area (TPSA) is 48.1 Å². The molecular formula is C16H16ClN5. The van der Waals surface area contributed by atoms with E-state index in [1.54, 1.807) is 6.20 Å². The van der Waals surface area contributed by atoms with E-state index in [1.807, 2.05) is 30.6 Å². The van der Waals surface area contributed by atoms with Crippen molar-refractivity contribution in [1.82, 2.24) is 15.2 Å². The van der Waals surface area contributed by atoms with Crippen LogP contribution < -0.4 is 9.80 Å². The lowest BCUT2D eigenvalue weighted by molar-refractivity contribution is 0.654. The van der Waals surface area contributed by atoms with E-state index in [9.17, 15) is 0 Å². The summed E-state index contributed by atoms with van der Waals surface area (Å²) in [5.74, 6) is 0. The number of nitrogens with zero attached hydrogens (tertiary/aromatic N) is 4. The van der Waals surface area contributed by atoms with Gasteiger partial charge in [-0.05, 0) is 24.3 Å². The van der Waals surface area contributed by atoms with Crippen LogP contribution in [0.5, 0.6) is 0 Å². The Hall–Kier alpha value is -2.27. The molecule has 1 saturated heterocycles. The summed E-state index contributed by atoms with van der Waals surface area (Å²) in [6.07, 6.45) is 5.60. The summed E-state index contributed by atoms with van der Waals surface area (Å²) in [5, 5.41) is 8.99. The summed E-state index contributed by atoms with van der Waals surface area (Å²) in [7, 11) is 0. The van der Waals surface area contributed by atoms with Crippen LogP contribution in [0.1, 0.15) is 0 Å². The maximum absolute atomic E-state index is 6.23. The highest BCUT2D eigenvalue weighted by molar-refractivity contribution is 6.31. The van der Waals surface area contributed by atoms with Crippen molar-refractivity contribution in [2.75, 3.05) is 36.0 Å². The standard InChI is InChI=1S/C16H16ClN5/c17-12-8-15-14(11-19-20-15)16(9-12)22-6-4-21(5-7-22)13-2-1-3-18-10-13/h1-3,8-11H,4-7H2,(H,19,20). The van der Waals surface area contributed by atoms with Crippen molar-refractivity contribution in [3.63, 3.8) is 0 Å². The molecule has 1 fully saturated rings. The molecule has 0 spiro atoms. The van der Waals surface area contributed by atoms with E-state index in [0.717, 1.165) is 47.8 Å². The van der Waals surface area contributed by atoms with Crippen LogP contribution in [0.4, 0.5) is 11.4 Å². The molecule has 22 heavy (non-hydrogen) atoms. The third-order valence-corrected chi connectivity index (χ3v) is 4.35. The lowest BCUT2D eigenvalue weighted by atomic mass is 10.1. The Morgan fingerprint density at radius 1 is 1.05 bits per heavy atom. The Kier molecular flexibility index (Phi) is 3.35. The van der Waals surface area contributed by atoms with Crippen LogP contribution in [0, 0.1) is 0 Å². The average molecular weight is 314 g/mol. The van der Waals surface area contributed by atoms with Gasteiger partial charge in [0.15, 0.2) is 0 Å². The molecule has 1 aromatic carbocycles. The molecule has 1 N–H and O–H groups in total. The number of fused-ring (bicyclic) bond motifs is 1. The lowest BCUT2D eigenvalue weighted by Crippen LogP contribution is -2.46. The number of piperazine rings is 1. The molecule has 3 aromatic rings. The third-order valence-electron chi connectivity index (χ3n) is 4.13. The van der Waals surface area contributed by atoms with E-state index >= 15 is 0 Å². The second kappa shape index (κ2) is 5.50. The van der Waals surface area contributed by atoms with Crippen LogP contribution in [-0.4, -0.2) is 41.4 Å². The maximum Gasteiger partial charge on any atom is 0.0686 e. The van der Waals surface area contributed by atoms with Crippen molar-refractivity contribution in [3.8, 4) is 0 Å². The van der Waals surface area contributed by atoms with Crippen molar-refractivity contribution in [3.05, 3.63) is 47.9 Å². The van der Waals surface area contributed by atoms with Gasteiger partial charge in [0.1, 0.15) is 0 Å². The van der Waals surface area contributed by atoms with Crippen molar-refractivity contribution < 1.29 is 0 Å². The summed E-state index contributed by atoms with van der Waals surface area (Å²) in [4.78, 5) is 8.93. The molecule has 0 bridgehead atoms. The van der Waals surface area contributed by atoms with Gasteiger partial charge in [-0.1, -0.05) is 11.6 Å². The molecule has 0 amide bonds. The normalized spacial score (nSPS) is 15.5. The number of hydrogen-bond acceptors (Lipinski definition) is 4. The minimum Gasteiger partial charge on any atom is -0.367 e. The van der Waals surface area contributed by atoms with Gasteiger partial charge < -0.3 is 9.80 Å². The van der Waals surface area contributed by atoms with E-state index in [2.05, 4.69) is 31.0 Å². The van der Waals surface area contributed by atoms with Crippen LogP contribution in [0.2, 0.25) is 5.02 Å². The second-order valence-corrected chi connectivity index (χ2v) is 5.88. The summed E-state index contributed by atoms with van der Waals surface area (Å²) >= 11 is 6.23. The van der Waals surface area contributed by atoms with E-state index in [0.29, 0.717) is 0 Å². The van der Waals surface area contributed by atoms with Gasteiger partial charge in [-0.2, -0.15) is 5.10 Å². The minimum atomic E-state index is 0.737. The molecule has 0 unspecified atom stereocenters. The molecule has 6 heteroatoms. The Morgan fingerprint density at radius 2 is 1.86 bits per heavy atom. The van der Waals surface area contributed by atoms with Crippen LogP contribution in [-0.2, 0) is 0 Å². The van der Waals surface area contributed by atoms with Crippen LogP contribution in [0.3, 0.4) is 0 Å². The first-order chi connectivity index (χ1) is 10.8. The summed E-state index contributed by atoms with van der Waals surface area (Å²) in [6.45, 7) is 3.85. The van der Waals surface area contributed by atoms with Gasteiger partial charge in [0.05, 0.1) is 23.6 Å². The number of anilines is 2. The smallest absolute Gasteiger partial charge is 0.0686 e. The van der Waals surface area contributed by atoms with Gasteiger partial charge in [-0.25, -0.2) is 0 Å². The second-order valence-electron chi connectivity index (χ2n) is 5.44. The molecule has 1 aliphatic rings. The Morgan fingerprint density at radius 3 is 2.64 bits per heavy atom. The zero-order chi connectivity index (χ0) is 14.9. The highest BCUT2D eigenvalue weighted by Crippen LogP contribution is 2.30. The Bertz CT molecular complexity index is 778. The Labute approximate surface area is 133 Å². The lowest BCUT2D eigenvalue weighted by Gasteiger charge is -2.37. The fourth-order valence-corrected chi connectivity index (χ4v) is 3.22. The quantitative estimate of drug-likeness (QED) is 0.790. The predicted octanol–water partition coefficient (Wildman–Crippen LogP) is 2.94. The number of aromatic nitrogens is 3. The molecule has 4 rings (SSSR count). The number of rotatable bonds is 2. The first-order valence-electron chi connectivity index (χ1n) is 7.34. The number of hydrogen-bond donors (Lipinski definition) is 1. The molecule has 1 aliphatic heterocycles. The zero-order valence-electron chi connectivity index (χ0n) is 12.0. The molecule has 112 valence electrons. The monoisotopic (exact) mass is 313 g/mol. The molecule has 0 aliphatic carbocycles. The van der Waals surface area contributed by atoms with Gasteiger partial charge in [0, 0.05) is 48.5 Å². The van der Waals surface area contributed by atoms with Gasteiger partial charge in [-0.3, -0.25) is 10.1 Å². The van der Waals surface area contributed by atoms with Crippen molar-refractivity contribution >= 4 is 33.9 Å². The van der Waals surface area contributed by atoms with Gasteiger partial charge >= 0.3 is 0 Å². The largest absolute Gasteiger partial charge is 0.367 e. The summed E-state index contributed by atoms with van der Waals surface area (Å²) in [5.41, 5.74) is 3.32. The van der Waals surface area contributed by atoms with Crippen molar-refractivity contribution in [1.29, 1.82) is 0 Å². The maximum atomic E-state index is 6.23. The number of aromatic amines is 1. The first kappa shape index (κ1) is 13.4. The molecule has 0 saturated carbocycles. The number of benzene rings is 1. The molecule has 0 atom stereocenters. The highest BCUT2D eigenvalue weighted by atomic mass is 35.5. The van der Waals surface area contributed by atoms with Crippen molar-refractivity contribution in [2.45, 2.75) is 0 Å². The molecule has 0 radical (unpaired) electrons. The van der Waals surface area contributed by atoms with Crippen LogP contribution in [0.15, 0.2) is 42.9 Å². The van der Waals surface area contributed by atoms with Gasteiger partial charge in [0.25, 0.3) is 0 Å². The molecular weight excluding hydrogens is 298 g/mol. The number of halogens is 1. The summed E-state index contributed by atoms with van der Waals surface area (Å²) < 4.78 is 0.